The van der Waals surface area contributed by atoms with Crippen LogP contribution in [0.1, 0.15) is 33.1 Å². The van der Waals surface area contributed by atoms with Crippen molar-refractivity contribution in [3.8, 4) is 0 Å². The molecule has 0 unspecified atom stereocenters. The molecule has 1 fully saturated rings. The van der Waals surface area contributed by atoms with E-state index in [2.05, 4.69) is 5.32 Å². The Hall–Kier alpha value is -0.180. The van der Waals surface area contributed by atoms with Gasteiger partial charge in [0.05, 0.1) is 5.54 Å². The Bertz CT molecular complexity index is 141. The minimum atomic E-state index is -2.50. The zero-order valence-corrected chi connectivity index (χ0v) is 7.08. The van der Waals surface area contributed by atoms with Gasteiger partial charge in [0.1, 0.15) is 0 Å². The molecule has 0 aromatic carbocycles. The van der Waals surface area contributed by atoms with Gasteiger partial charge in [0.25, 0.3) is 5.92 Å². The molecule has 1 N–H and O–H groups in total. The van der Waals surface area contributed by atoms with E-state index < -0.39 is 11.5 Å². The highest BCUT2D eigenvalue weighted by molar-refractivity contribution is 5.03. The van der Waals surface area contributed by atoms with Gasteiger partial charge in [-0.3, -0.25) is 0 Å². The van der Waals surface area contributed by atoms with E-state index in [0.717, 1.165) is 0 Å². The third-order valence-electron chi connectivity index (χ3n) is 2.81. The molecule has 1 rings (SSSR count). The summed E-state index contributed by atoms with van der Waals surface area (Å²) in [6, 6.07) is 0. The van der Waals surface area contributed by atoms with Crippen LogP contribution in [-0.4, -0.2) is 18.0 Å². The Kier molecular flexibility index (Phi) is 2.19. The molecule has 0 aromatic heterocycles. The van der Waals surface area contributed by atoms with Gasteiger partial charge in [-0.05, 0) is 12.8 Å². The first-order valence-electron chi connectivity index (χ1n) is 4.21. The molecule has 0 radical (unpaired) electrons. The van der Waals surface area contributed by atoms with E-state index in [-0.39, 0.29) is 6.42 Å². The minimum absolute atomic E-state index is 0.00528. The normalized spacial score (nSPS) is 27.3. The Morgan fingerprint density at radius 3 is 2.00 bits per heavy atom. The second-order valence-electron chi connectivity index (χ2n) is 3.17. The Balaban J connectivity index is 2.81. The highest BCUT2D eigenvalue weighted by Gasteiger charge is 2.54. The van der Waals surface area contributed by atoms with Crippen LogP contribution in [0.5, 0.6) is 0 Å². The predicted molar refractivity (Wildman–Crippen MR) is 40.9 cm³/mol. The van der Waals surface area contributed by atoms with Crippen LogP contribution in [0.4, 0.5) is 8.78 Å². The Morgan fingerprint density at radius 2 is 1.82 bits per heavy atom. The summed E-state index contributed by atoms with van der Waals surface area (Å²) in [4.78, 5) is 0. The smallest absolute Gasteiger partial charge is 0.267 e. The van der Waals surface area contributed by atoms with Gasteiger partial charge in [-0.1, -0.05) is 13.8 Å². The van der Waals surface area contributed by atoms with Gasteiger partial charge < -0.3 is 5.32 Å². The van der Waals surface area contributed by atoms with E-state index in [0.29, 0.717) is 19.4 Å². The molecule has 1 aliphatic rings. The summed E-state index contributed by atoms with van der Waals surface area (Å²) in [5.74, 6) is -2.50. The van der Waals surface area contributed by atoms with Crippen molar-refractivity contribution in [3.63, 3.8) is 0 Å². The number of hydrogen-bond donors (Lipinski definition) is 1. The SMILES string of the molecule is CCC1(CC)NCCC1(F)F. The van der Waals surface area contributed by atoms with E-state index in [1.165, 1.54) is 0 Å². The van der Waals surface area contributed by atoms with Crippen LogP contribution in [0.2, 0.25) is 0 Å². The second-order valence-corrected chi connectivity index (χ2v) is 3.17. The Labute approximate surface area is 66.2 Å². The molecule has 3 heteroatoms. The topological polar surface area (TPSA) is 12.0 Å². The molecule has 1 heterocycles. The second kappa shape index (κ2) is 2.70. The molecule has 11 heavy (non-hydrogen) atoms. The van der Waals surface area contributed by atoms with Crippen LogP contribution < -0.4 is 5.32 Å². The standard InChI is InChI=1S/C8H15F2N/c1-3-7(4-2)8(9,10)5-6-11-7/h11H,3-6H2,1-2H3. The first-order chi connectivity index (χ1) is 5.08. The molecular weight excluding hydrogens is 148 g/mol. The molecule has 66 valence electrons. The van der Waals surface area contributed by atoms with Crippen molar-refractivity contribution in [2.24, 2.45) is 0 Å². The highest BCUT2D eigenvalue weighted by Crippen LogP contribution is 2.40. The average molecular weight is 163 g/mol. The molecule has 0 aliphatic carbocycles. The van der Waals surface area contributed by atoms with Gasteiger partial charge in [-0.25, -0.2) is 8.78 Å². The van der Waals surface area contributed by atoms with E-state index in [1.807, 2.05) is 13.8 Å². The molecule has 0 amide bonds. The molecule has 0 spiro atoms. The molecule has 0 aromatic rings. The van der Waals surface area contributed by atoms with E-state index >= 15 is 0 Å². The van der Waals surface area contributed by atoms with Crippen LogP contribution in [0, 0.1) is 0 Å². The fourth-order valence-electron chi connectivity index (χ4n) is 1.84. The van der Waals surface area contributed by atoms with Gasteiger partial charge in [0, 0.05) is 13.0 Å². The number of hydrogen-bond acceptors (Lipinski definition) is 1. The summed E-state index contributed by atoms with van der Waals surface area (Å²) in [6.07, 6.45) is 1.02. The van der Waals surface area contributed by atoms with Crippen LogP contribution in [0.3, 0.4) is 0 Å². The van der Waals surface area contributed by atoms with Crippen molar-refractivity contribution in [2.75, 3.05) is 6.54 Å². The van der Waals surface area contributed by atoms with Gasteiger partial charge in [-0.2, -0.15) is 0 Å². The van der Waals surface area contributed by atoms with Gasteiger partial charge >= 0.3 is 0 Å². The van der Waals surface area contributed by atoms with Crippen molar-refractivity contribution < 1.29 is 8.78 Å². The molecule has 1 aliphatic heterocycles. The third kappa shape index (κ3) is 1.15. The Morgan fingerprint density at radius 1 is 1.27 bits per heavy atom. The number of nitrogens with one attached hydrogen (secondary N) is 1. The largest absolute Gasteiger partial charge is 0.306 e. The van der Waals surface area contributed by atoms with Crippen molar-refractivity contribution in [1.82, 2.24) is 5.32 Å². The van der Waals surface area contributed by atoms with Gasteiger partial charge in [-0.15, -0.1) is 0 Å². The van der Waals surface area contributed by atoms with Gasteiger partial charge in [0.2, 0.25) is 0 Å². The average Bonchev–Trinajstić information content (AvgIpc) is 2.26. The maximum absolute atomic E-state index is 13.2. The summed E-state index contributed by atoms with van der Waals surface area (Å²) < 4.78 is 26.4. The summed E-state index contributed by atoms with van der Waals surface area (Å²) in [5.41, 5.74) is -0.910. The van der Waals surface area contributed by atoms with E-state index in [9.17, 15) is 8.78 Å². The van der Waals surface area contributed by atoms with E-state index in [1.54, 1.807) is 0 Å². The number of alkyl halides is 2. The molecule has 0 saturated carbocycles. The fourth-order valence-corrected chi connectivity index (χ4v) is 1.84. The summed E-state index contributed by atoms with van der Waals surface area (Å²) in [7, 11) is 0. The monoisotopic (exact) mass is 163 g/mol. The minimum Gasteiger partial charge on any atom is -0.306 e. The van der Waals surface area contributed by atoms with Crippen molar-refractivity contribution in [1.29, 1.82) is 0 Å². The van der Waals surface area contributed by atoms with Crippen molar-refractivity contribution in [2.45, 2.75) is 44.6 Å². The maximum Gasteiger partial charge on any atom is 0.267 e. The molecule has 0 atom stereocenters. The summed E-state index contributed by atoms with van der Waals surface area (Å²) in [5, 5.41) is 2.91. The first kappa shape index (κ1) is 8.91. The number of halogens is 2. The van der Waals surface area contributed by atoms with Gasteiger partial charge in [0.15, 0.2) is 0 Å². The van der Waals surface area contributed by atoms with Crippen molar-refractivity contribution in [3.05, 3.63) is 0 Å². The lowest BCUT2D eigenvalue weighted by Gasteiger charge is -2.32. The molecule has 1 saturated heterocycles. The molecular formula is C8H15F2N. The van der Waals surface area contributed by atoms with Crippen LogP contribution in [0.15, 0.2) is 0 Å². The summed E-state index contributed by atoms with van der Waals surface area (Å²) >= 11 is 0. The molecule has 1 nitrogen and oxygen atoms in total. The lowest BCUT2D eigenvalue weighted by Crippen LogP contribution is -2.50. The third-order valence-corrected chi connectivity index (χ3v) is 2.81. The number of rotatable bonds is 2. The maximum atomic E-state index is 13.2. The lowest BCUT2D eigenvalue weighted by molar-refractivity contribution is -0.0637. The summed E-state index contributed by atoms with van der Waals surface area (Å²) in [6.45, 7) is 4.08. The molecule has 0 bridgehead atoms. The van der Waals surface area contributed by atoms with Crippen molar-refractivity contribution >= 4 is 0 Å². The van der Waals surface area contributed by atoms with Crippen LogP contribution in [0.25, 0.3) is 0 Å². The first-order valence-corrected chi connectivity index (χ1v) is 4.21. The lowest BCUT2D eigenvalue weighted by atomic mass is 9.88. The van der Waals surface area contributed by atoms with Crippen LogP contribution in [-0.2, 0) is 0 Å². The predicted octanol–water partition coefficient (Wildman–Crippen LogP) is 2.17. The highest BCUT2D eigenvalue weighted by atomic mass is 19.3. The zero-order chi connectivity index (χ0) is 8.54. The fraction of sp³-hybridized carbons (Fsp3) is 1.00. The zero-order valence-electron chi connectivity index (χ0n) is 7.08. The van der Waals surface area contributed by atoms with E-state index in [4.69, 9.17) is 0 Å². The van der Waals surface area contributed by atoms with Crippen LogP contribution >= 0.6 is 0 Å². The quantitative estimate of drug-likeness (QED) is 0.657.